The summed E-state index contributed by atoms with van der Waals surface area (Å²) in [6.45, 7) is 4.61. The van der Waals surface area contributed by atoms with Crippen molar-refractivity contribution in [1.82, 2.24) is 5.32 Å². The molecule has 1 N–H and O–H groups in total. The summed E-state index contributed by atoms with van der Waals surface area (Å²) >= 11 is 0. The molecule has 2 unspecified atom stereocenters. The largest absolute Gasteiger partial charge is 0.312 e. The van der Waals surface area contributed by atoms with Crippen LogP contribution in [0.5, 0.6) is 0 Å². The van der Waals surface area contributed by atoms with Gasteiger partial charge in [0.15, 0.2) is 0 Å². The van der Waals surface area contributed by atoms with Crippen LogP contribution in [-0.2, 0) is 13.0 Å². The highest BCUT2D eigenvalue weighted by molar-refractivity contribution is 5.39. The topological polar surface area (TPSA) is 12.0 Å². The second-order valence-corrected chi connectivity index (χ2v) is 5.97. The Morgan fingerprint density at radius 3 is 3.00 bits per heavy atom. The Balaban J connectivity index is 1.95. The van der Waals surface area contributed by atoms with E-state index in [1.54, 1.807) is 16.7 Å². The van der Waals surface area contributed by atoms with Gasteiger partial charge in [-0.3, -0.25) is 0 Å². The minimum absolute atomic E-state index is 0.844. The van der Waals surface area contributed by atoms with Crippen LogP contribution in [0.3, 0.4) is 0 Å². The van der Waals surface area contributed by atoms with Crippen LogP contribution in [0.1, 0.15) is 61.6 Å². The molecule has 1 aromatic carbocycles. The van der Waals surface area contributed by atoms with Gasteiger partial charge in [-0.15, -0.1) is 0 Å². The lowest BCUT2D eigenvalue weighted by molar-refractivity contribution is 0.297. The second kappa shape index (κ2) is 5.44. The molecule has 98 valence electrons. The van der Waals surface area contributed by atoms with Crippen molar-refractivity contribution in [3.63, 3.8) is 0 Å². The van der Waals surface area contributed by atoms with Crippen molar-refractivity contribution in [2.45, 2.75) is 57.9 Å². The fourth-order valence-corrected chi connectivity index (χ4v) is 4.01. The van der Waals surface area contributed by atoms with Gasteiger partial charge in [-0.1, -0.05) is 44.4 Å². The van der Waals surface area contributed by atoms with Gasteiger partial charge in [-0.25, -0.2) is 0 Å². The van der Waals surface area contributed by atoms with Gasteiger partial charge in [-0.2, -0.15) is 0 Å². The summed E-state index contributed by atoms with van der Waals surface area (Å²) in [5, 5.41) is 3.50. The second-order valence-electron chi connectivity index (χ2n) is 5.97. The van der Waals surface area contributed by atoms with E-state index in [2.05, 4.69) is 30.4 Å². The molecule has 1 heteroatoms. The monoisotopic (exact) mass is 243 g/mol. The molecule has 1 fully saturated rings. The molecule has 0 bridgehead atoms. The summed E-state index contributed by atoms with van der Waals surface area (Å²) in [7, 11) is 0. The zero-order chi connectivity index (χ0) is 12.4. The summed E-state index contributed by atoms with van der Waals surface area (Å²) in [5.74, 6) is 1.77. The number of hydrogen-bond donors (Lipinski definition) is 1. The minimum atomic E-state index is 0.844. The van der Waals surface area contributed by atoms with E-state index in [0.29, 0.717) is 0 Å². The average Bonchev–Trinajstić information content (AvgIpc) is 2.46. The third-order valence-electron chi connectivity index (χ3n) is 5.01. The van der Waals surface area contributed by atoms with Crippen LogP contribution >= 0.6 is 0 Å². The van der Waals surface area contributed by atoms with Gasteiger partial charge in [0, 0.05) is 6.54 Å². The third kappa shape index (κ3) is 2.21. The molecule has 1 aliphatic heterocycles. The minimum Gasteiger partial charge on any atom is -0.312 e. The lowest BCUT2D eigenvalue weighted by Crippen LogP contribution is -2.26. The maximum atomic E-state index is 3.50. The van der Waals surface area contributed by atoms with E-state index in [1.807, 2.05) is 0 Å². The van der Waals surface area contributed by atoms with Crippen molar-refractivity contribution in [3.05, 3.63) is 34.9 Å². The van der Waals surface area contributed by atoms with Crippen molar-refractivity contribution in [2.75, 3.05) is 6.54 Å². The van der Waals surface area contributed by atoms with Gasteiger partial charge >= 0.3 is 0 Å². The predicted molar refractivity (Wildman–Crippen MR) is 76.8 cm³/mol. The molecule has 1 aliphatic carbocycles. The van der Waals surface area contributed by atoms with Gasteiger partial charge < -0.3 is 5.32 Å². The SMILES string of the molecule is CCC1CCCCC1c1cccc2c1CCNC2. The number of hydrogen-bond acceptors (Lipinski definition) is 1. The highest BCUT2D eigenvalue weighted by Crippen LogP contribution is 2.41. The molecule has 0 saturated heterocycles. The first-order valence-electron chi connectivity index (χ1n) is 7.71. The first-order chi connectivity index (χ1) is 8.90. The van der Waals surface area contributed by atoms with Crippen LogP contribution in [0.2, 0.25) is 0 Å². The number of rotatable bonds is 2. The molecule has 0 radical (unpaired) electrons. The standard InChI is InChI=1S/C17H25N/c1-2-13-6-3-4-8-15(13)17-9-5-7-14-12-18-11-10-16(14)17/h5,7,9,13,15,18H,2-4,6,8,10-12H2,1H3. The first kappa shape index (κ1) is 12.2. The lowest BCUT2D eigenvalue weighted by atomic mass is 9.72. The molecule has 1 heterocycles. The Labute approximate surface area is 111 Å². The van der Waals surface area contributed by atoms with Crippen LogP contribution in [0.25, 0.3) is 0 Å². The molecule has 1 nitrogen and oxygen atoms in total. The number of nitrogens with one attached hydrogen (secondary N) is 1. The normalized spacial score (nSPS) is 27.8. The molecule has 2 aliphatic rings. The van der Waals surface area contributed by atoms with Gasteiger partial charge in [0.1, 0.15) is 0 Å². The summed E-state index contributed by atoms with van der Waals surface area (Å²) in [6, 6.07) is 7.01. The fraction of sp³-hybridized carbons (Fsp3) is 0.647. The van der Waals surface area contributed by atoms with Crippen LogP contribution in [0.4, 0.5) is 0 Å². The molecular weight excluding hydrogens is 218 g/mol. The van der Waals surface area contributed by atoms with E-state index >= 15 is 0 Å². The average molecular weight is 243 g/mol. The molecule has 0 spiro atoms. The quantitative estimate of drug-likeness (QED) is 0.827. The van der Waals surface area contributed by atoms with Gasteiger partial charge in [0.05, 0.1) is 0 Å². The molecule has 18 heavy (non-hydrogen) atoms. The molecule has 1 saturated carbocycles. The van der Waals surface area contributed by atoms with E-state index in [4.69, 9.17) is 0 Å². The fourth-order valence-electron chi connectivity index (χ4n) is 4.01. The smallest absolute Gasteiger partial charge is 0.0208 e. The van der Waals surface area contributed by atoms with E-state index < -0.39 is 0 Å². The Morgan fingerprint density at radius 2 is 2.11 bits per heavy atom. The van der Waals surface area contributed by atoms with Gasteiger partial charge in [0.25, 0.3) is 0 Å². The van der Waals surface area contributed by atoms with Gasteiger partial charge in [-0.05, 0) is 54.3 Å². The van der Waals surface area contributed by atoms with E-state index in [0.717, 1.165) is 24.9 Å². The summed E-state index contributed by atoms with van der Waals surface area (Å²) in [6.07, 6.45) is 8.34. The highest BCUT2D eigenvalue weighted by atomic mass is 14.9. The van der Waals surface area contributed by atoms with Crippen LogP contribution in [-0.4, -0.2) is 6.54 Å². The first-order valence-corrected chi connectivity index (χ1v) is 7.71. The zero-order valence-corrected chi connectivity index (χ0v) is 11.5. The lowest BCUT2D eigenvalue weighted by Gasteiger charge is -2.34. The van der Waals surface area contributed by atoms with Crippen molar-refractivity contribution >= 4 is 0 Å². The van der Waals surface area contributed by atoms with Crippen molar-refractivity contribution < 1.29 is 0 Å². The Kier molecular flexibility index (Phi) is 3.69. The molecule has 3 rings (SSSR count). The summed E-state index contributed by atoms with van der Waals surface area (Å²) in [5.41, 5.74) is 4.93. The van der Waals surface area contributed by atoms with Gasteiger partial charge in [0.2, 0.25) is 0 Å². The van der Waals surface area contributed by atoms with E-state index in [1.165, 1.54) is 38.5 Å². The number of benzene rings is 1. The molecule has 2 atom stereocenters. The molecular formula is C17H25N. The van der Waals surface area contributed by atoms with E-state index in [9.17, 15) is 0 Å². The predicted octanol–water partition coefficient (Wildman–Crippen LogP) is 4.02. The Hall–Kier alpha value is -0.820. The maximum absolute atomic E-state index is 3.50. The van der Waals surface area contributed by atoms with Crippen LogP contribution in [0, 0.1) is 5.92 Å². The summed E-state index contributed by atoms with van der Waals surface area (Å²) in [4.78, 5) is 0. The van der Waals surface area contributed by atoms with Crippen LogP contribution < -0.4 is 5.32 Å². The van der Waals surface area contributed by atoms with Crippen LogP contribution in [0.15, 0.2) is 18.2 Å². The highest BCUT2D eigenvalue weighted by Gasteiger charge is 2.27. The zero-order valence-electron chi connectivity index (χ0n) is 11.5. The summed E-state index contributed by atoms with van der Waals surface area (Å²) < 4.78 is 0. The van der Waals surface area contributed by atoms with Crippen molar-refractivity contribution in [1.29, 1.82) is 0 Å². The third-order valence-corrected chi connectivity index (χ3v) is 5.01. The molecule has 1 aromatic rings. The van der Waals surface area contributed by atoms with Crippen molar-refractivity contribution in [3.8, 4) is 0 Å². The maximum Gasteiger partial charge on any atom is 0.0208 e. The Bertz CT molecular complexity index is 410. The molecule has 0 amide bonds. The number of fused-ring (bicyclic) bond motifs is 1. The van der Waals surface area contributed by atoms with E-state index in [-0.39, 0.29) is 0 Å². The molecule has 0 aromatic heterocycles. The Morgan fingerprint density at radius 1 is 1.22 bits per heavy atom. The van der Waals surface area contributed by atoms with Crippen molar-refractivity contribution in [2.24, 2.45) is 5.92 Å².